The first-order valence-corrected chi connectivity index (χ1v) is 8.86. The number of unbranched alkanes of at least 4 members (excludes halogenated alkanes) is 2. The predicted octanol–water partition coefficient (Wildman–Crippen LogP) is 3.41. The van der Waals surface area contributed by atoms with Gasteiger partial charge in [0, 0.05) is 63.2 Å². The zero-order chi connectivity index (χ0) is 17.6. The van der Waals surface area contributed by atoms with Gasteiger partial charge in [-0.1, -0.05) is 12.1 Å². The zero-order valence-electron chi connectivity index (χ0n) is 14.4. The van der Waals surface area contributed by atoms with Gasteiger partial charge in [-0.15, -0.1) is 11.3 Å². The van der Waals surface area contributed by atoms with Gasteiger partial charge in [-0.2, -0.15) is 0 Å². The van der Waals surface area contributed by atoms with Crippen molar-refractivity contribution in [1.29, 1.82) is 0 Å². The minimum atomic E-state index is -0.810. The summed E-state index contributed by atoms with van der Waals surface area (Å²) in [7, 11) is 0. The second-order valence-electron chi connectivity index (χ2n) is 5.45. The van der Waals surface area contributed by atoms with Crippen molar-refractivity contribution < 1.29 is 19.4 Å². The summed E-state index contributed by atoms with van der Waals surface area (Å²) in [6, 6.07) is 7.34. The summed E-state index contributed by atoms with van der Waals surface area (Å²) >= 11 is 1.43. The van der Waals surface area contributed by atoms with Gasteiger partial charge in [0.2, 0.25) is 0 Å². The van der Waals surface area contributed by atoms with E-state index in [0.29, 0.717) is 41.8 Å². The number of aliphatic carboxylic acids is 1. The molecule has 2 aromatic heterocycles. The van der Waals surface area contributed by atoms with Crippen molar-refractivity contribution in [3.05, 3.63) is 35.2 Å². The molecule has 0 saturated carbocycles. The number of carboxylic acid groups (broad SMARTS) is 1. The molecule has 0 spiro atoms. The molecule has 0 aliphatic heterocycles. The van der Waals surface area contributed by atoms with E-state index >= 15 is 0 Å². The fourth-order valence-electron chi connectivity index (χ4n) is 2.48. The molecule has 0 saturated heterocycles. The van der Waals surface area contributed by atoms with Crippen LogP contribution in [0.2, 0.25) is 0 Å². The average molecular weight is 399 g/mol. The molecule has 2 heterocycles. The molecular formula is C17H17KN3O4S. The summed E-state index contributed by atoms with van der Waals surface area (Å²) in [5.41, 5.74) is 3.68. The summed E-state index contributed by atoms with van der Waals surface area (Å²) in [5, 5.41) is 10.4. The number of benzene rings is 1. The van der Waals surface area contributed by atoms with E-state index < -0.39 is 12.1 Å². The van der Waals surface area contributed by atoms with E-state index in [2.05, 4.69) is 9.97 Å². The van der Waals surface area contributed by atoms with Crippen molar-refractivity contribution in [3.8, 4) is 11.5 Å². The van der Waals surface area contributed by atoms with E-state index in [0.717, 1.165) is 0 Å². The Morgan fingerprint density at radius 2 is 2.00 bits per heavy atom. The first kappa shape index (κ1) is 21.2. The Morgan fingerprint density at radius 1 is 1.19 bits per heavy atom. The van der Waals surface area contributed by atoms with Gasteiger partial charge in [0.25, 0.3) is 0 Å². The summed E-state index contributed by atoms with van der Waals surface area (Å²) in [5.74, 6) is -0.354. The van der Waals surface area contributed by atoms with Gasteiger partial charge in [-0.25, -0.2) is 19.3 Å². The Labute approximate surface area is 196 Å². The van der Waals surface area contributed by atoms with Gasteiger partial charge >= 0.3 is 12.1 Å². The number of carbonyl (C=O) groups is 2. The molecule has 3 rings (SSSR count). The van der Waals surface area contributed by atoms with Crippen LogP contribution < -0.4 is 0 Å². The van der Waals surface area contributed by atoms with Crippen LogP contribution in [0.25, 0.3) is 22.6 Å². The van der Waals surface area contributed by atoms with Gasteiger partial charge < -0.3 is 9.84 Å². The summed E-state index contributed by atoms with van der Waals surface area (Å²) in [6.45, 7) is 0.238. The molecule has 26 heavy (non-hydrogen) atoms. The molecule has 0 bridgehead atoms. The van der Waals surface area contributed by atoms with Crippen molar-refractivity contribution in [2.75, 3.05) is 6.61 Å². The third kappa shape index (κ3) is 5.21. The number of ether oxygens (including phenoxy) is 1. The van der Waals surface area contributed by atoms with Crippen LogP contribution in [-0.2, 0) is 9.53 Å². The number of nitrogens with zero attached hydrogens (tertiary/aromatic N) is 3. The van der Waals surface area contributed by atoms with Crippen molar-refractivity contribution in [2.24, 2.45) is 0 Å². The van der Waals surface area contributed by atoms with Crippen LogP contribution in [0.1, 0.15) is 25.7 Å². The monoisotopic (exact) mass is 398 g/mol. The predicted molar refractivity (Wildman–Crippen MR) is 99.4 cm³/mol. The molecule has 9 heteroatoms. The molecule has 131 valence electrons. The van der Waals surface area contributed by atoms with Gasteiger partial charge in [-0.05, 0) is 31.4 Å². The summed E-state index contributed by atoms with van der Waals surface area (Å²) < 4.78 is 6.78. The van der Waals surface area contributed by atoms with Gasteiger partial charge in [-0.3, -0.25) is 4.79 Å². The molecule has 7 nitrogen and oxygen atoms in total. The van der Waals surface area contributed by atoms with E-state index in [9.17, 15) is 9.59 Å². The zero-order valence-corrected chi connectivity index (χ0v) is 18.4. The molecule has 1 N–H and O–H groups in total. The van der Waals surface area contributed by atoms with Gasteiger partial charge in [0.1, 0.15) is 5.69 Å². The van der Waals surface area contributed by atoms with E-state index in [1.165, 1.54) is 15.9 Å². The molecule has 3 aromatic rings. The first-order valence-electron chi connectivity index (χ1n) is 7.92. The number of hydrogen-bond donors (Lipinski definition) is 1. The molecule has 0 aliphatic rings. The normalized spacial score (nSPS) is 10.5. The Bertz CT molecular complexity index is 879. The number of carbonyl (C=O) groups excluding carboxylic acids is 1. The number of para-hydroxylation sites is 2. The van der Waals surface area contributed by atoms with E-state index in [1.54, 1.807) is 5.51 Å². The van der Waals surface area contributed by atoms with Crippen LogP contribution in [0.5, 0.6) is 0 Å². The first-order chi connectivity index (χ1) is 12.2. The van der Waals surface area contributed by atoms with Gasteiger partial charge in [0.15, 0.2) is 5.82 Å². The molecule has 0 atom stereocenters. The maximum atomic E-state index is 12.6. The molecular weight excluding hydrogens is 381 g/mol. The van der Waals surface area contributed by atoms with Crippen molar-refractivity contribution in [2.45, 2.75) is 25.7 Å². The third-order valence-electron chi connectivity index (χ3n) is 3.67. The number of aromatic nitrogens is 3. The standard InChI is InChI=1S/C17H17N3O4S.K/c21-15(22)8-2-1-5-9-24-17(23)20-14-7-4-3-6-12(14)19-16(20)13-10-25-11-18-13;/h3-4,6-7,10-11H,1-2,5,8-9H2,(H,21,22);. The third-order valence-corrected chi connectivity index (χ3v) is 4.25. The Balaban J connectivity index is 0.00000243. The Hall–Kier alpha value is -1.10. The number of carboxylic acids is 1. The summed E-state index contributed by atoms with van der Waals surface area (Å²) in [6.07, 6.45) is 1.52. The second kappa shape index (κ2) is 10.3. The summed E-state index contributed by atoms with van der Waals surface area (Å²) in [4.78, 5) is 31.8. The number of imidazole rings is 1. The van der Waals surface area contributed by atoms with Crippen molar-refractivity contribution >= 4 is 85.8 Å². The smallest absolute Gasteiger partial charge is 0.420 e. The Morgan fingerprint density at radius 3 is 2.73 bits per heavy atom. The Kier molecular flexibility index (Phi) is 8.39. The van der Waals surface area contributed by atoms with E-state index in [4.69, 9.17) is 9.84 Å². The topological polar surface area (TPSA) is 94.3 Å². The van der Waals surface area contributed by atoms with Crippen LogP contribution in [0.15, 0.2) is 35.2 Å². The van der Waals surface area contributed by atoms with E-state index in [-0.39, 0.29) is 64.4 Å². The minimum Gasteiger partial charge on any atom is -0.481 e. The fourth-order valence-corrected chi connectivity index (χ4v) is 3.02. The minimum absolute atomic E-state index is 0. The average Bonchev–Trinajstić information content (AvgIpc) is 3.24. The van der Waals surface area contributed by atoms with E-state index in [1.807, 2.05) is 29.6 Å². The van der Waals surface area contributed by atoms with Crippen LogP contribution in [0.3, 0.4) is 0 Å². The van der Waals surface area contributed by atoms with Gasteiger partial charge in [0.05, 0.1) is 23.2 Å². The molecule has 1 aromatic carbocycles. The quantitative estimate of drug-likeness (QED) is 0.484. The molecule has 0 unspecified atom stereocenters. The number of rotatable bonds is 7. The SMILES string of the molecule is O=C(O)CCCCCOC(=O)n1c(-c2cscn2)nc2ccccc21.[K]. The number of thiazole rings is 1. The van der Waals surface area contributed by atoms with Crippen molar-refractivity contribution in [3.63, 3.8) is 0 Å². The largest absolute Gasteiger partial charge is 0.481 e. The van der Waals surface area contributed by atoms with Crippen LogP contribution in [0, 0.1) is 0 Å². The van der Waals surface area contributed by atoms with Crippen LogP contribution >= 0.6 is 11.3 Å². The molecule has 0 fully saturated rings. The molecule has 1 radical (unpaired) electrons. The maximum Gasteiger partial charge on any atom is 0.420 e. The van der Waals surface area contributed by atoms with Crippen molar-refractivity contribution in [1.82, 2.24) is 14.5 Å². The second-order valence-corrected chi connectivity index (χ2v) is 6.17. The number of hydrogen-bond acceptors (Lipinski definition) is 6. The molecule has 0 amide bonds. The maximum absolute atomic E-state index is 12.6. The fraction of sp³-hybridized carbons (Fsp3) is 0.294. The number of fused-ring (bicyclic) bond motifs is 1. The molecule has 0 aliphatic carbocycles. The van der Waals surface area contributed by atoms with Crippen LogP contribution in [-0.4, -0.2) is 89.7 Å². The van der Waals surface area contributed by atoms with Crippen LogP contribution in [0.4, 0.5) is 4.79 Å².